The second kappa shape index (κ2) is 5.04. The summed E-state index contributed by atoms with van der Waals surface area (Å²) >= 11 is 0. The number of anilines is 1. The average molecular weight is 294 g/mol. The highest BCUT2D eigenvalue weighted by molar-refractivity contribution is 7.89. The van der Waals surface area contributed by atoms with E-state index in [-0.39, 0.29) is 6.04 Å². The Morgan fingerprint density at radius 1 is 1.20 bits per heavy atom. The molecule has 1 aromatic rings. The number of sulfonamides is 1. The average Bonchev–Trinajstić information content (AvgIpc) is 3.01. The van der Waals surface area contributed by atoms with Crippen molar-refractivity contribution in [2.24, 2.45) is 17.8 Å². The van der Waals surface area contributed by atoms with Gasteiger partial charge in [0, 0.05) is 11.7 Å². The van der Waals surface area contributed by atoms with Crippen molar-refractivity contribution < 1.29 is 8.42 Å². The Morgan fingerprint density at radius 3 is 2.45 bits per heavy atom. The predicted octanol–water partition coefficient (Wildman–Crippen LogP) is 2.37. The Morgan fingerprint density at radius 2 is 1.90 bits per heavy atom. The minimum absolute atomic E-state index is 0.00727. The van der Waals surface area contributed by atoms with Gasteiger partial charge in [0.15, 0.2) is 0 Å². The summed E-state index contributed by atoms with van der Waals surface area (Å²) in [5, 5.41) is 0. The summed E-state index contributed by atoms with van der Waals surface area (Å²) in [4.78, 5) is 0.293. The smallest absolute Gasteiger partial charge is 0.240 e. The van der Waals surface area contributed by atoms with Gasteiger partial charge in [-0.25, -0.2) is 13.1 Å². The molecule has 5 heteroatoms. The summed E-state index contributed by atoms with van der Waals surface area (Å²) in [6.07, 6.45) is 5.07. The molecule has 0 aliphatic heterocycles. The summed E-state index contributed by atoms with van der Waals surface area (Å²) < 4.78 is 27.6. The van der Waals surface area contributed by atoms with Crippen molar-refractivity contribution in [2.45, 2.75) is 43.5 Å². The second-order valence-electron chi connectivity index (χ2n) is 6.32. The number of rotatable bonds is 4. The van der Waals surface area contributed by atoms with Crippen molar-refractivity contribution in [1.82, 2.24) is 4.72 Å². The van der Waals surface area contributed by atoms with E-state index in [1.807, 2.05) is 6.92 Å². The van der Waals surface area contributed by atoms with Crippen molar-refractivity contribution in [3.8, 4) is 0 Å². The third kappa shape index (κ3) is 2.56. The van der Waals surface area contributed by atoms with Crippen LogP contribution in [-0.2, 0) is 10.0 Å². The van der Waals surface area contributed by atoms with E-state index in [1.165, 1.54) is 25.7 Å². The Hall–Kier alpha value is -1.07. The third-order valence-corrected chi connectivity index (χ3v) is 6.54. The SMILES string of the molecule is C[C@@H](NS(=O)(=O)c1ccc(N)cc1)[C@H]1C[C@H]2CC[C@H]1C2. The first-order valence-corrected chi connectivity index (χ1v) is 8.82. The van der Waals surface area contributed by atoms with Crippen LogP contribution in [0, 0.1) is 17.8 Å². The lowest BCUT2D eigenvalue weighted by molar-refractivity contribution is 0.280. The van der Waals surface area contributed by atoms with Crippen LogP contribution in [0.5, 0.6) is 0 Å². The van der Waals surface area contributed by atoms with Gasteiger partial charge in [-0.3, -0.25) is 0 Å². The Kier molecular flexibility index (Phi) is 3.50. The van der Waals surface area contributed by atoms with E-state index in [9.17, 15) is 8.42 Å². The number of nitrogen functional groups attached to an aromatic ring is 1. The van der Waals surface area contributed by atoms with E-state index in [4.69, 9.17) is 5.73 Å². The van der Waals surface area contributed by atoms with E-state index >= 15 is 0 Å². The highest BCUT2D eigenvalue weighted by atomic mass is 32.2. The molecular formula is C15H22N2O2S. The molecule has 0 unspecified atom stereocenters. The fourth-order valence-electron chi connectivity index (χ4n) is 3.95. The van der Waals surface area contributed by atoms with Crippen LogP contribution in [0.25, 0.3) is 0 Å². The van der Waals surface area contributed by atoms with Gasteiger partial charge < -0.3 is 5.73 Å². The molecular weight excluding hydrogens is 272 g/mol. The number of nitrogens with two attached hydrogens (primary N) is 1. The largest absolute Gasteiger partial charge is 0.399 e. The molecule has 2 fully saturated rings. The molecule has 110 valence electrons. The molecule has 20 heavy (non-hydrogen) atoms. The number of hydrogen-bond acceptors (Lipinski definition) is 3. The van der Waals surface area contributed by atoms with E-state index in [0.29, 0.717) is 22.4 Å². The van der Waals surface area contributed by atoms with Gasteiger partial charge in [0.05, 0.1) is 4.90 Å². The quantitative estimate of drug-likeness (QED) is 0.837. The summed E-state index contributed by atoms with van der Waals surface area (Å²) in [5.74, 6) is 2.04. The van der Waals surface area contributed by atoms with Crippen molar-refractivity contribution in [1.29, 1.82) is 0 Å². The standard InChI is InChI=1S/C15H22N2O2S/c1-10(15-9-11-2-3-12(15)8-11)17-20(18,19)14-6-4-13(16)5-7-14/h4-7,10-12,15,17H,2-3,8-9,16H2,1H3/t10-,11+,12+,15-/m1/s1. The molecule has 0 aromatic heterocycles. The first-order chi connectivity index (χ1) is 9.45. The van der Waals surface area contributed by atoms with Crippen LogP contribution in [-0.4, -0.2) is 14.5 Å². The van der Waals surface area contributed by atoms with Gasteiger partial charge >= 0.3 is 0 Å². The monoisotopic (exact) mass is 294 g/mol. The summed E-state index contributed by atoms with van der Waals surface area (Å²) in [6.45, 7) is 2.00. The molecule has 2 bridgehead atoms. The lowest BCUT2D eigenvalue weighted by Gasteiger charge is -2.28. The lowest BCUT2D eigenvalue weighted by atomic mass is 9.84. The van der Waals surface area contributed by atoms with Crippen molar-refractivity contribution in [3.05, 3.63) is 24.3 Å². The lowest BCUT2D eigenvalue weighted by Crippen LogP contribution is -2.40. The van der Waals surface area contributed by atoms with Gasteiger partial charge in [-0.2, -0.15) is 0 Å². The fourth-order valence-corrected chi connectivity index (χ4v) is 5.25. The van der Waals surface area contributed by atoms with Crippen LogP contribution in [0.3, 0.4) is 0 Å². The molecule has 3 N–H and O–H groups in total. The molecule has 1 aromatic carbocycles. The molecule has 0 spiro atoms. The molecule has 2 aliphatic rings. The molecule has 3 rings (SSSR count). The van der Waals surface area contributed by atoms with Gasteiger partial charge in [0.25, 0.3) is 0 Å². The zero-order valence-corrected chi connectivity index (χ0v) is 12.6. The number of hydrogen-bond donors (Lipinski definition) is 2. The minimum Gasteiger partial charge on any atom is -0.399 e. The first-order valence-electron chi connectivity index (χ1n) is 7.33. The van der Waals surface area contributed by atoms with Gasteiger partial charge in [-0.05, 0) is 68.2 Å². The zero-order valence-electron chi connectivity index (χ0n) is 11.7. The highest BCUT2D eigenvalue weighted by Crippen LogP contribution is 2.49. The van der Waals surface area contributed by atoms with E-state index in [0.717, 1.165) is 5.92 Å². The van der Waals surface area contributed by atoms with Crippen molar-refractivity contribution in [2.75, 3.05) is 5.73 Å². The van der Waals surface area contributed by atoms with Crippen LogP contribution in [0.15, 0.2) is 29.2 Å². The second-order valence-corrected chi connectivity index (χ2v) is 8.03. The molecule has 0 heterocycles. The molecule has 0 radical (unpaired) electrons. The van der Waals surface area contributed by atoms with Gasteiger partial charge in [0.2, 0.25) is 10.0 Å². The van der Waals surface area contributed by atoms with Crippen LogP contribution < -0.4 is 10.5 Å². The summed E-state index contributed by atoms with van der Waals surface area (Å²) in [6, 6.07) is 6.37. The maximum Gasteiger partial charge on any atom is 0.240 e. The topological polar surface area (TPSA) is 72.2 Å². The molecule has 2 saturated carbocycles. The van der Waals surface area contributed by atoms with Crippen LogP contribution in [0.4, 0.5) is 5.69 Å². The molecule has 0 saturated heterocycles. The molecule has 4 nitrogen and oxygen atoms in total. The maximum absolute atomic E-state index is 12.4. The number of nitrogens with one attached hydrogen (secondary N) is 1. The van der Waals surface area contributed by atoms with Crippen molar-refractivity contribution in [3.63, 3.8) is 0 Å². The Labute approximate surface area is 120 Å². The molecule has 4 atom stereocenters. The summed E-state index contributed by atoms with van der Waals surface area (Å²) in [5.41, 5.74) is 6.17. The highest BCUT2D eigenvalue weighted by Gasteiger charge is 2.42. The molecule has 0 amide bonds. The first kappa shape index (κ1) is 13.9. The van der Waals surface area contributed by atoms with E-state index in [2.05, 4.69) is 4.72 Å². The van der Waals surface area contributed by atoms with E-state index in [1.54, 1.807) is 24.3 Å². The van der Waals surface area contributed by atoms with Crippen LogP contribution in [0.2, 0.25) is 0 Å². The van der Waals surface area contributed by atoms with Crippen LogP contribution in [0.1, 0.15) is 32.6 Å². The van der Waals surface area contributed by atoms with Gasteiger partial charge in [-0.1, -0.05) is 6.42 Å². The Balaban J connectivity index is 1.71. The third-order valence-electron chi connectivity index (χ3n) is 4.97. The predicted molar refractivity (Wildman–Crippen MR) is 79.6 cm³/mol. The normalized spacial score (nSPS) is 30.6. The minimum atomic E-state index is -3.44. The Bertz CT molecular complexity index is 582. The summed E-state index contributed by atoms with van der Waals surface area (Å²) in [7, 11) is -3.44. The molecule has 2 aliphatic carbocycles. The van der Waals surface area contributed by atoms with Crippen molar-refractivity contribution >= 4 is 15.7 Å². The maximum atomic E-state index is 12.4. The van der Waals surface area contributed by atoms with Gasteiger partial charge in [0.1, 0.15) is 0 Å². The fraction of sp³-hybridized carbons (Fsp3) is 0.600. The zero-order chi connectivity index (χ0) is 14.3. The van der Waals surface area contributed by atoms with E-state index < -0.39 is 10.0 Å². The van der Waals surface area contributed by atoms with Gasteiger partial charge in [-0.15, -0.1) is 0 Å². The van der Waals surface area contributed by atoms with Crippen LogP contribution >= 0.6 is 0 Å². The number of benzene rings is 1. The number of fused-ring (bicyclic) bond motifs is 2.